The number of hydrogen-bond donors (Lipinski definition) is 0. The van der Waals surface area contributed by atoms with E-state index in [0.717, 1.165) is 0 Å². The number of esters is 1. The first-order chi connectivity index (χ1) is 5.95. The van der Waals surface area contributed by atoms with Crippen LogP contribution in [0.5, 0.6) is 0 Å². The third-order valence-electron chi connectivity index (χ3n) is 1.04. The SMILES string of the molecule is CCOC(=O)/C=C/C#C[Si](C)(C)C. The first-order valence-electron chi connectivity index (χ1n) is 4.31. The molecule has 0 atom stereocenters. The number of ether oxygens (including phenoxy) is 1. The van der Waals surface area contributed by atoms with Crippen molar-refractivity contribution in [2.75, 3.05) is 6.61 Å². The zero-order chi connectivity index (χ0) is 10.3. The van der Waals surface area contributed by atoms with E-state index in [0.29, 0.717) is 6.61 Å². The maximum atomic E-state index is 10.8. The van der Waals surface area contributed by atoms with Crippen LogP contribution >= 0.6 is 0 Å². The second-order valence-electron chi connectivity index (χ2n) is 3.60. The zero-order valence-electron chi connectivity index (χ0n) is 8.68. The van der Waals surface area contributed by atoms with Gasteiger partial charge in [-0.05, 0) is 13.0 Å². The predicted molar refractivity (Wildman–Crippen MR) is 56.9 cm³/mol. The molecule has 0 aliphatic heterocycles. The van der Waals surface area contributed by atoms with Crippen molar-refractivity contribution < 1.29 is 9.53 Å². The molecule has 3 heteroatoms. The van der Waals surface area contributed by atoms with Crippen LogP contribution in [-0.2, 0) is 9.53 Å². The number of rotatable bonds is 2. The van der Waals surface area contributed by atoms with E-state index in [1.54, 1.807) is 13.0 Å². The third-order valence-corrected chi connectivity index (χ3v) is 1.93. The summed E-state index contributed by atoms with van der Waals surface area (Å²) in [5.74, 6) is 2.52. The van der Waals surface area contributed by atoms with Gasteiger partial charge >= 0.3 is 5.97 Å². The van der Waals surface area contributed by atoms with E-state index in [2.05, 4.69) is 31.1 Å². The van der Waals surface area contributed by atoms with Crippen LogP contribution in [0.3, 0.4) is 0 Å². The second kappa shape index (κ2) is 5.60. The number of hydrogen-bond acceptors (Lipinski definition) is 2. The Morgan fingerprint density at radius 3 is 2.54 bits per heavy atom. The molecular weight excluding hydrogens is 180 g/mol. The molecule has 0 aliphatic rings. The van der Waals surface area contributed by atoms with Gasteiger partial charge in [0, 0.05) is 6.08 Å². The molecule has 0 unspecified atom stereocenters. The van der Waals surface area contributed by atoms with Gasteiger partial charge in [0.1, 0.15) is 8.07 Å². The van der Waals surface area contributed by atoms with Crippen molar-refractivity contribution in [3.63, 3.8) is 0 Å². The Hall–Kier alpha value is -1.01. The molecule has 0 bridgehead atoms. The molecule has 0 saturated heterocycles. The summed E-state index contributed by atoms with van der Waals surface area (Å²) in [5, 5.41) is 0. The van der Waals surface area contributed by atoms with E-state index in [1.807, 2.05) is 0 Å². The fraction of sp³-hybridized carbons (Fsp3) is 0.500. The maximum Gasteiger partial charge on any atom is 0.331 e. The van der Waals surface area contributed by atoms with E-state index in [4.69, 9.17) is 4.74 Å². The highest BCUT2D eigenvalue weighted by atomic mass is 28.3. The molecular formula is C10H16O2Si. The molecule has 0 aromatic rings. The van der Waals surface area contributed by atoms with Gasteiger partial charge < -0.3 is 4.74 Å². The number of carbonyl (C=O) groups excluding carboxylic acids is 1. The van der Waals surface area contributed by atoms with Gasteiger partial charge in [-0.2, -0.15) is 0 Å². The standard InChI is InChI=1S/C10H16O2Si/c1-5-12-10(11)8-6-7-9-13(2,3)4/h6,8H,5H2,1-4H3/b8-6+. The maximum absolute atomic E-state index is 10.8. The van der Waals surface area contributed by atoms with Crippen molar-refractivity contribution in [1.29, 1.82) is 0 Å². The lowest BCUT2D eigenvalue weighted by atomic mass is 10.5. The zero-order valence-corrected chi connectivity index (χ0v) is 9.68. The van der Waals surface area contributed by atoms with Gasteiger partial charge in [-0.1, -0.05) is 25.6 Å². The van der Waals surface area contributed by atoms with Gasteiger partial charge in [-0.25, -0.2) is 4.79 Å². The van der Waals surface area contributed by atoms with Crippen LogP contribution in [-0.4, -0.2) is 20.7 Å². The molecule has 0 aliphatic carbocycles. The number of carbonyl (C=O) groups is 1. The summed E-state index contributed by atoms with van der Waals surface area (Å²) in [7, 11) is -1.31. The molecule has 0 saturated carbocycles. The molecule has 0 N–H and O–H groups in total. The van der Waals surface area contributed by atoms with E-state index in [-0.39, 0.29) is 5.97 Å². The highest BCUT2D eigenvalue weighted by molar-refractivity contribution is 6.83. The van der Waals surface area contributed by atoms with Gasteiger partial charge in [0.2, 0.25) is 0 Å². The summed E-state index contributed by atoms with van der Waals surface area (Å²) in [6.45, 7) is 8.64. The highest BCUT2D eigenvalue weighted by Gasteiger charge is 2.06. The van der Waals surface area contributed by atoms with Gasteiger partial charge in [-0.15, -0.1) is 5.54 Å². The number of allylic oxidation sites excluding steroid dienone is 1. The van der Waals surface area contributed by atoms with E-state index < -0.39 is 8.07 Å². The minimum absolute atomic E-state index is 0.327. The van der Waals surface area contributed by atoms with E-state index in [9.17, 15) is 4.79 Å². The smallest absolute Gasteiger partial charge is 0.331 e. The minimum Gasteiger partial charge on any atom is -0.463 e. The Kier molecular flexibility index (Phi) is 5.16. The van der Waals surface area contributed by atoms with E-state index in [1.165, 1.54) is 6.08 Å². The Labute approximate surface area is 81.0 Å². The van der Waals surface area contributed by atoms with E-state index >= 15 is 0 Å². The van der Waals surface area contributed by atoms with Gasteiger partial charge in [0.15, 0.2) is 0 Å². The summed E-state index contributed by atoms with van der Waals surface area (Å²) in [5.41, 5.74) is 3.11. The molecule has 0 aromatic heterocycles. The lowest BCUT2D eigenvalue weighted by Gasteiger charge is -2.02. The summed E-state index contributed by atoms with van der Waals surface area (Å²) in [6, 6.07) is 0. The quantitative estimate of drug-likeness (QED) is 0.292. The van der Waals surface area contributed by atoms with Crippen LogP contribution in [0.1, 0.15) is 6.92 Å². The lowest BCUT2D eigenvalue weighted by molar-refractivity contribution is -0.137. The lowest BCUT2D eigenvalue weighted by Crippen LogP contribution is -2.16. The highest BCUT2D eigenvalue weighted by Crippen LogP contribution is 1.95. The van der Waals surface area contributed by atoms with Gasteiger partial charge in [-0.3, -0.25) is 0 Å². The Balaban J connectivity index is 3.99. The molecule has 0 heterocycles. The van der Waals surface area contributed by atoms with Crippen LogP contribution < -0.4 is 0 Å². The van der Waals surface area contributed by atoms with Crippen molar-refractivity contribution in [2.45, 2.75) is 26.6 Å². The average Bonchev–Trinajstić information content (AvgIpc) is 1.97. The fourth-order valence-electron chi connectivity index (χ4n) is 0.558. The first kappa shape index (κ1) is 12.0. The van der Waals surface area contributed by atoms with Crippen molar-refractivity contribution >= 4 is 14.0 Å². The Morgan fingerprint density at radius 2 is 2.08 bits per heavy atom. The Bertz CT molecular complexity index is 250. The van der Waals surface area contributed by atoms with Crippen LogP contribution in [0, 0.1) is 11.5 Å². The van der Waals surface area contributed by atoms with Crippen molar-refractivity contribution in [3.8, 4) is 11.5 Å². The third kappa shape index (κ3) is 8.90. The summed E-state index contributed by atoms with van der Waals surface area (Å²) < 4.78 is 4.69. The van der Waals surface area contributed by atoms with Crippen LogP contribution in [0.15, 0.2) is 12.2 Å². The van der Waals surface area contributed by atoms with Crippen LogP contribution in [0.25, 0.3) is 0 Å². The van der Waals surface area contributed by atoms with Crippen LogP contribution in [0.2, 0.25) is 19.6 Å². The second-order valence-corrected chi connectivity index (χ2v) is 8.35. The molecule has 0 rings (SSSR count). The molecule has 0 spiro atoms. The van der Waals surface area contributed by atoms with Gasteiger partial charge in [0.05, 0.1) is 6.61 Å². The van der Waals surface area contributed by atoms with Crippen LogP contribution in [0.4, 0.5) is 0 Å². The average molecular weight is 196 g/mol. The molecule has 13 heavy (non-hydrogen) atoms. The largest absolute Gasteiger partial charge is 0.463 e. The first-order valence-corrected chi connectivity index (χ1v) is 7.81. The molecule has 0 fully saturated rings. The van der Waals surface area contributed by atoms with Crippen molar-refractivity contribution in [1.82, 2.24) is 0 Å². The Morgan fingerprint density at radius 1 is 1.46 bits per heavy atom. The molecule has 0 amide bonds. The summed E-state index contributed by atoms with van der Waals surface area (Å²) >= 11 is 0. The summed E-state index contributed by atoms with van der Waals surface area (Å²) in [6.07, 6.45) is 2.91. The predicted octanol–water partition coefficient (Wildman–Crippen LogP) is 1.99. The summed E-state index contributed by atoms with van der Waals surface area (Å²) in [4.78, 5) is 10.8. The topological polar surface area (TPSA) is 26.3 Å². The molecule has 0 aromatic carbocycles. The monoisotopic (exact) mass is 196 g/mol. The van der Waals surface area contributed by atoms with Crippen molar-refractivity contribution in [2.24, 2.45) is 0 Å². The normalized spacial score (nSPS) is 10.8. The van der Waals surface area contributed by atoms with Crippen molar-refractivity contribution in [3.05, 3.63) is 12.2 Å². The molecule has 2 nitrogen and oxygen atoms in total. The molecule has 0 radical (unpaired) electrons. The molecule has 72 valence electrons. The van der Waals surface area contributed by atoms with Gasteiger partial charge in [0.25, 0.3) is 0 Å². The fourth-order valence-corrected chi connectivity index (χ4v) is 1.07. The minimum atomic E-state index is -1.31.